The first-order valence-electron chi connectivity index (χ1n) is 9.53. The molecule has 0 unspecified atom stereocenters. The molecule has 0 amide bonds. The second-order valence-corrected chi connectivity index (χ2v) is 7.71. The van der Waals surface area contributed by atoms with Crippen molar-refractivity contribution in [3.05, 3.63) is 88.4 Å². The number of hydrogen-bond donors (Lipinski definition) is 0. The van der Waals surface area contributed by atoms with Crippen LogP contribution < -0.4 is 14.2 Å². The lowest BCUT2D eigenvalue weighted by atomic mass is 9.96. The Morgan fingerprint density at radius 2 is 1.72 bits per heavy atom. The van der Waals surface area contributed by atoms with Gasteiger partial charge in [-0.05, 0) is 42.0 Å². The Labute approximate surface area is 173 Å². The number of hydrazone groups is 1. The first-order chi connectivity index (χ1) is 14.3. The Balaban J connectivity index is 1.44. The van der Waals surface area contributed by atoms with Crippen molar-refractivity contribution < 1.29 is 14.2 Å². The van der Waals surface area contributed by atoms with Crippen LogP contribution in [0.25, 0.3) is 0 Å². The summed E-state index contributed by atoms with van der Waals surface area (Å²) < 4.78 is 17.4. The number of para-hydroxylation sites is 1. The summed E-state index contributed by atoms with van der Waals surface area (Å²) in [5.41, 5.74) is 4.23. The molecule has 3 aliphatic rings. The largest absolute Gasteiger partial charge is 0.464 e. The van der Waals surface area contributed by atoms with Gasteiger partial charge in [-0.15, -0.1) is 0 Å². The molecule has 3 aromatic rings. The third-order valence-corrected chi connectivity index (χ3v) is 5.81. The molecule has 6 heteroatoms. The molecule has 5 nitrogen and oxygen atoms in total. The molecule has 3 heterocycles. The molecule has 0 N–H and O–H groups in total. The summed E-state index contributed by atoms with van der Waals surface area (Å²) in [5.74, 6) is 2.39. The highest BCUT2D eigenvalue weighted by Gasteiger charge is 2.41. The predicted molar refractivity (Wildman–Crippen MR) is 110 cm³/mol. The van der Waals surface area contributed by atoms with Gasteiger partial charge in [0.15, 0.2) is 11.5 Å². The number of hydrogen-bond acceptors (Lipinski definition) is 5. The number of ether oxygens (including phenoxy) is 3. The molecule has 0 fully saturated rings. The first-order valence-corrected chi connectivity index (χ1v) is 9.91. The molecule has 0 aliphatic carbocycles. The van der Waals surface area contributed by atoms with Crippen molar-refractivity contribution in [1.29, 1.82) is 0 Å². The molecule has 6 rings (SSSR count). The van der Waals surface area contributed by atoms with Gasteiger partial charge in [-0.2, -0.15) is 5.10 Å². The maximum atomic E-state index is 6.40. The standard InChI is InChI=1S/C23H17ClN2O3/c24-16-8-5-14(6-9-16)18-12-19-17-3-1-2-4-20(17)29-23(26(19)25-18)15-7-10-21-22(11-15)28-13-27-21/h1-11,19,23H,12-13H2/t19-,23+/m1/s1. The lowest BCUT2D eigenvalue weighted by Gasteiger charge is -2.38. The zero-order chi connectivity index (χ0) is 19.4. The van der Waals surface area contributed by atoms with Crippen LogP contribution in [0.1, 0.15) is 35.4 Å². The fourth-order valence-electron chi connectivity index (χ4n) is 4.14. The molecule has 29 heavy (non-hydrogen) atoms. The summed E-state index contributed by atoms with van der Waals surface area (Å²) in [6.07, 6.45) is 0.470. The van der Waals surface area contributed by atoms with Crippen LogP contribution in [0.3, 0.4) is 0 Å². The van der Waals surface area contributed by atoms with E-state index in [4.69, 9.17) is 30.9 Å². The molecule has 0 spiro atoms. The maximum Gasteiger partial charge on any atom is 0.231 e. The molecule has 0 bridgehead atoms. The van der Waals surface area contributed by atoms with Gasteiger partial charge in [-0.1, -0.05) is 41.9 Å². The Bertz CT molecular complexity index is 1130. The summed E-state index contributed by atoms with van der Waals surface area (Å²) >= 11 is 6.06. The molecule has 0 radical (unpaired) electrons. The maximum absolute atomic E-state index is 6.40. The van der Waals surface area contributed by atoms with Gasteiger partial charge >= 0.3 is 0 Å². The van der Waals surface area contributed by atoms with Crippen molar-refractivity contribution in [3.8, 4) is 17.2 Å². The van der Waals surface area contributed by atoms with Gasteiger partial charge < -0.3 is 14.2 Å². The molecule has 2 atom stereocenters. The summed E-state index contributed by atoms with van der Waals surface area (Å²) in [6, 6.07) is 22.0. The van der Waals surface area contributed by atoms with E-state index < -0.39 is 0 Å². The third kappa shape index (κ3) is 2.73. The summed E-state index contributed by atoms with van der Waals surface area (Å²) in [6.45, 7) is 0.248. The molecule has 0 saturated carbocycles. The molecule has 3 aromatic carbocycles. The summed E-state index contributed by atoms with van der Waals surface area (Å²) in [4.78, 5) is 0. The molecule has 0 saturated heterocycles. The van der Waals surface area contributed by atoms with Gasteiger partial charge in [-0.3, -0.25) is 0 Å². The molecule has 144 valence electrons. The van der Waals surface area contributed by atoms with Crippen molar-refractivity contribution in [3.63, 3.8) is 0 Å². The normalized spacial score (nSPS) is 21.3. The fourth-order valence-corrected chi connectivity index (χ4v) is 4.26. The minimum Gasteiger partial charge on any atom is -0.464 e. The van der Waals surface area contributed by atoms with Crippen LogP contribution >= 0.6 is 11.6 Å². The lowest BCUT2D eigenvalue weighted by Crippen LogP contribution is -2.33. The SMILES string of the molecule is Clc1ccc(C2=NN3[C@H](C2)c2ccccc2O[C@H]3c2ccc3c(c2)OCO3)cc1. The topological polar surface area (TPSA) is 43.3 Å². The first kappa shape index (κ1) is 16.7. The zero-order valence-corrected chi connectivity index (χ0v) is 16.2. The second-order valence-electron chi connectivity index (χ2n) is 7.27. The van der Waals surface area contributed by atoms with Gasteiger partial charge in [0.1, 0.15) is 5.75 Å². The minimum absolute atomic E-state index is 0.112. The van der Waals surface area contributed by atoms with E-state index in [1.165, 1.54) is 0 Å². The number of nitrogens with zero attached hydrogens (tertiary/aromatic N) is 2. The van der Waals surface area contributed by atoms with Crippen LogP contribution in [0.4, 0.5) is 0 Å². The van der Waals surface area contributed by atoms with Gasteiger partial charge in [0.2, 0.25) is 13.0 Å². The molecule has 3 aliphatic heterocycles. The van der Waals surface area contributed by atoms with Crippen molar-refractivity contribution in [1.82, 2.24) is 5.01 Å². The Morgan fingerprint density at radius 1 is 0.897 bits per heavy atom. The summed E-state index contributed by atoms with van der Waals surface area (Å²) in [7, 11) is 0. The number of halogens is 1. The zero-order valence-electron chi connectivity index (χ0n) is 15.4. The third-order valence-electron chi connectivity index (χ3n) is 5.56. The number of benzene rings is 3. The molecular formula is C23H17ClN2O3. The van der Waals surface area contributed by atoms with Crippen molar-refractivity contribution in [2.45, 2.75) is 18.7 Å². The fraction of sp³-hybridized carbons (Fsp3) is 0.174. The summed E-state index contributed by atoms with van der Waals surface area (Å²) in [5, 5.41) is 7.75. The van der Waals surface area contributed by atoms with Crippen molar-refractivity contribution in [2.75, 3.05) is 6.79 Å². The van der Waals surface area contributed by atoms with E-state index >= 15 is 0 Å². The highest BCUT2D eigenvalue weighted by molar-refractivity contribution is 6.30. The minimum atomic E-state index is -0.339. The van der Waals surface area contributed by atoms with E-state index in [9.17, 15) is 0 Å². The number of rotatable bonds is 2. The molecular weight excluding hydrogens is 388 g/mol. The van der Waals surface area contributed by atoms with Crippen molar-refractivity contribution >= 4 is 17.3 Å². The van der Waals surface area contributed by atoms with Gasteiger partial charge in [0.25, 0.3) is 0 Å². The average molecular weight is 405 g/mol. The van der Waals surface area contributed by atoms with Crippen LogP contribution in [0.5, 0.6) is 17.2 Å². The predicted octanol–water partition coefficient (Wildman–Crippen LogP) is 5.31. The highest BCUT2D eigenvalue weighted by atomic mass is 35.5. The van der Waals surface area contributed by atoms with E-state index in [0.717, 1.165) is 51.1 Å². The molecule has 0 aromatic heterocycles. The quantitative estimate of drug-likeness (QED) is 0.580. The van der Waals surface area contributed by atoms with Crippen LogP contribution in [0, 0.1) is 0 Å². The van der Waals surface area contributed by atoms with Gasteiger partial charge in [-0.25, -0.2) is 5.01 Å². The van der Waals surface area contributed by atoms with Crippen LogP contribution in [0.2, 0.25) is 5.02 Å². The Hall–Kier alpha value is -3.18. The monoisotopic (exact) mass is 404 g/mol. The average Bonchev–Trinajstić information content (AvgIpc) is 3.40. The Morgan fingerprint density at radius 3 is 2.62 bits per heavy atom. The number of fused-ring (bicyclic) bond motifs is 4. The van der Waals surface area contributed by atoms with Gasteiger partial charge in [0.05, 0.1) is 11.8 Å². The second kappa shape index (κ2) is 6.42. The lowest BCUT2D eigenvalue weighted by molar-refractivity contribution is -0.0191. The van der Waals surface area contributed by atoms with Gasteiger partial charge in [0, 0.05) is 22.6 Å². The van der Waals surface area contributed by atoms with E-state index in [0.29, 0.717) is 0 Å². The van der Waals surface area contributed by atoms with E-state index in [2.05, 4.69) is 11.1 Å². The highest BCUT2D eigenvalue weighted by Crippen LogP contribution is 2.48. The van der Waals surface area contributed by atoms with E-state index in [-0.39, 0.29) is 19.1 Å². The van der Waals surface area contributed by atoms with E-state index in [1.807, 2.05) is 60.7 Å². The van der Waals surface area contributed by atoms with Crippen LogP contribution in [0.15, 0.2) is 71.8 Å². The Kier molecular flexibility index (Phi) is 3.71. The van der Waals surface area contributed by atoms with E-state index in [1.54, 1.807) is 0 Å². The van der Waals surface area contributed by atoms with Crippen LogP contribution in [-0.2, 0) is 0 Å². The van der Waals surface area contributed by atoms with Crippen LogP contribution in [-0.4, -0.2) is 17.5 Å². The van der Waals surface area contributed by atoms with Crippen molar-refractivity contribution in [2.24, 2.45) is 5.10 Å². The smallest absolute Gasteiger partial charge is 0.231 e.